The molecule has 5 N–H and O–H groups in total. The van der Waals surface area contributed by atoms with Gasteiger partial charge < -0.3 is 16.5 Å². The van der Waals surface area contributed by atoms with Gasteiger partial charge in [0, 0.05) is 29.2 Å². The van der Waals surface area contributed by atoms with Crippen molar-refractivity contribution in [2.24, 2.45) is 5.73 Å². The third-order valence-corrected chi connectivity index (χ3v) is 6.67. The van der Waals surface area contributed by atoms with Crippen LogP contribution in [0.4, 0.5) is 5.69 Å². The van der Waals surface area contributed by atoms with Crippen LogP contribution in [0.25, 0.3) is 22.4 Å². The quantitative estimate of drug-likeness (QED) is 0.0978. The Kier molecular flexibility index (Phi) is 12.9. The van der Waals surface area contributed by atoms with Gasteiger partial charge in [-0.15, -0.1) is 0 Å². The smallest absolute Gasteiger partial charge is 0.123 e. The highest BCUT2D eigenvalue weighted by molar-refractivity contribution is 6.07. The van der Waals surface area contributed by atoms with Crippen LogP contribution in [0, 0.1) is 17.7 Å². The number of para-hydroxylation sites is 1. The lowest BCUT2D eigenvalue weighted by Crippen LogP contribution is -2.11. The van der Waals surface area contributed by atoms with Gasteiger partial charge in [0.05, 0.1) is 0 Å². The van der Waals surface area contributed by atoms with E-state index in [-0.39, 0.29) is 5.84 Å². The van der Waals surface area contributed by atoms with Crippen molar-refractivity contribution in [1.82, 2.24) is 0 Å². The van der Waals surface area contributed by atoms with Crippen molar-refractivity contribution in [2.45, 2.75) is 13.8 Å². The summed E-state index contributed by atoms with van der Waals surface area (Å²) in [7, 11) is 0. The van der Waals surface area contributed by atoms with E-state index in [0.29, 0.717) is 0 Å². The summed E-state index contributed by atoms with van der Waals surface area (Å²) in [5, 5.41) is 19.5. The average molecular weight is 577 g/mol. The van der Waals surface area contributed by atoms with Crippen molar-refractivity contribution >= 4 is 40.2 Å². The van der Waals surface area contributed by atoms with E-state index >= 15 is 0 Å². The van der Waals surface area contributed by atoms with Crippen LogP contribution in [-0.2, 0) is 0 Å². The normalized spacial score (nSPS) is 11.9. The molecule has 0 radical (unpaired) electrons. The van der Waals surface area contributed by atoms with Crippen molar-refractivity contribution in [3.63, 3.8) is 0 Å². The SMILES string of the molecule is C=C/C=C(/C)C=N.C=C1c2ccccc2/C=C\Nc2ccccc21.Cc1ccccc1.N=C(N)c1cccc2ccccc12. The first-order valence-corrected chi connectivity index (χ1v) is 14.3. The minimum Gasteiger partial charge on any atom is -0.384 e. The van der Waals surface area contributed by atoms with Gasteiger partial charge in [0.15, 0.2) is 0 Å². The minimum absolute atomic E-state index is 0.122. The number of hydrogen-bond acceptors (Lipinski definition) is 3. The molecule has 4 heteroatoms. The number of nitrogens with two attached hydrogens (primary N) is 1. The summed E-state index contributed by atoms with van der Waals surface area (Å²) in [4.78, 5) is 0. The fraction of sp³-hybridized carbons (Fsp3) is 0.0500. The highest BCUT2D eigenvalue weighted by atomic mass is 14.8. The second-order valence-electron chi connectivity index (χ2n) is 9.97. The molecule has 44 heavy (non-hydrogen) atoms. The lowest BCUT2D eigenvalue weighted by atomic mass is 9.93. The first kappa shape index (κ1) is 32.8. The fourth-order valence-corrected chi connectivity index (χ4v) is 4.38. The van der Waals surface area contributed by atoms with Crippen LogP contribution in [0.3, 0.4) is 0 Å². The highest BCUT2D eigenvalue weighted by Gasteiger charge is 2.11. The van der Waals surface area contributed by atoms with Gasteiger partial charge in [-0.2, -0.15) is 0 Å². The zero-order valence-corrected chi connectivity index (χ0v) is 25.4. The molecule has 1 heterocycles. The van der Waals surface area contributed by atoms with Crippen molar-refractivity contribution in [1.29, 1.82) is 10.8 Å². The minimum atomic E-state index is 0.122. The number of anilines is 1. The molecule has 0 amide bonds. The molecule has 0 aromatic heterocycles. The van der Waals surface area contributed by atoms with E-state index in [9.17, 15) is 0 Å². The van der Waals surface area contributed by atoms with Crippen LogP contribution in [0.2, 0.25) is 0 Å². The zero-order chi connectivity index (χ0) is 31.7. The molecule has 0 saturated carbocycles. The number of nitrogen functional groups attached to an aromatic ring is 1. The molecule has 0 saturated heterocycles. The lowest BCUT2D eigenvalue weighted by Gasteiger charge is -2.16. The molecule has 4 nitrogen and oxygen atoms in total. The van der Waals surface area contributed by atoms with Gasteiger partial charge in [0.25, 0.3) is 0 Å². The number of hydrogen-bond donors (Lipinski definition) is 4. The molecule has 0 fully saturated rings. The first-order chi connectivity index (χ1) is 21.3. The van der Waals surface area contributed by atoms with Crippen molar-refractivity contribution in [2.75, 3.05) is 5.32 Å². The van der Waals surface area contributed by atoms with Crippen LogP contribution in [0.1, 0.15) is 34.7 Å². The molecule has 6 rings (SSSR count). The van der Waals surface area contributed by atoms with E-state index < -0.39 is 0 Å². The molecular formula is C40H40N4. The molecule has 0 atom stereocenters. The lowest BCUT2D eigenvalue weighted by molar-refractivity contribution is 1.44. The topological polar surface area (TPSA) is 85.8 Å². The van der Waals surface area contributed by atoms with Crippen molar-refractivity contribution in [3.05, 3.63) is 186 Å². The predicted octanol–water partition coefficient (Wildman–Crippen LogP) is 10.0. The van der Waals surface area contributed by atoms with Crippen LogP contribution in [0.15, 0.2) is 158 Å². The van der Waals surface area contributed by atoms with Gasteiger partial charge in [-0.25, -0.2) is 0 Å². The maximum atomic E-state index is 7.40. The Morgan fingerprint density at radius 3 is 2.02 bits per heavy atom. The van der Waals surface area contributed by atoms with Gasteiger partial charge in [-0.3, -0.25) is 5.41 Å². The van der Waals surface area contributed by atoms with Crippen LogP contribution >= 0.6 is 0 Å². The molecule has 0 aliphatic carbocycles. The van der Waals surface area contributed by atoms with Crippen molar-refractivity contribution in [3.8, 4) is 0 Å². The summed E-state index contributed by atoms with van der Waals surface area (Å²) in [5.74, 6) is 0.122. The zero-order valence-electron chi connectivity index (χ0n) is 25.4. The van der Waals surface area contributed by atoms with E-state index in [4.69, 9.17) is 16.6 Å². The van der Waals surface area contributed by atoms with Gasteiger partial charge in [-0.1, -0.05) is 146 Å². The number of allylic oxidation sites excluding steroid dienone is 3. The summed E-state index contributed by atoms with van der Waals surface area (Å²) in [6.07, 6.45) is 8.80. The Bertz CT molecular complexity index is 1770. The Morgan fingerprint density at radius 1 is 0.773 bits per heavy atom. The first-order valence-electron chi connectivity index (χ1n) is 14.3. The number of rotatable bonds is 3. The summed E-state index contributed by atoms with van der Waals surface area (Å²) in [6, 6.07) is 40.5. The van der Waals surface area contributed by atoms with Gasteiger partial charge in [0.2, 0.25) is 0 Å². The summed E-state index contributed by atoms with van der Waals surface area (Å²) >= 11 is 0. The maximum Gasteiger partial charge on any atom is 0.123 e. The molecule has 220 valence electrons. The van der Waals surface area contributed by atoms with E-state index in [1.807, 2.05) is 92.0 Å². The van der Waals surface area contributed by atoms with E-state index in [2.05, 4.69) is 73.9 Å². The Hall–Kier alpha value is -5.74. The molecule has 1 aliphatic heterocycles. The Morgan fingerprint density at radius 2 is 1.39 bits per heavy atom. The molecule has 5 aromatic carbocycles. The second kappa shape index (κ2) is 17.3. The van der Waals surface area contributed by atoms with Gasteiger partial charge >= 0.3 is 0 Å². The van der Waals surface area contributed by atoms with E-state index in [1.165, 1.54) is 22.9 Å². The number of amidine groups is 1. The monoisotopic (exact) mass is 576 g/mol. The Balaban J connectivity index is 0.000000173. The van der Waals surface area contributed by atoms with Crippen molar-refractivity contribution < 1.29 is 0 Å². The number of aryl methyl sites for hydroxylation is 1. The number of nitrogens with one attached hydrogen (secondary N) is 3. The molecule has 0 bridgehead atoms. The van der Waals surface area contributed by atoms with E-state index in [0.717, 1.165) is 38.7 Å². The molecule has 1 aliphatic rings. The second-order valence-corrected chi connectivity index (χ2v) is 9.97. The average Bonchev–Trinajstić information content (AvgIpc) is 3.05. The third kappa shape index (κ3) is 9.68. The van der Waals surface area contributed by atoms with Crippen LogP contribution in [-0.4, -0.2) is 12.1 Å². The van der Waals surface area contributed by atoms with Crippen LogP contribution in [0.5, 0.6) is 0 Å². The maximum absolute atomic E-state index is 7.40. The molecule has 5 aromatic rings. The van der Waals surface area contributed by atoms with Gasteiger partial charge in [-0.05, 0) is 59.0 Å². The highest BCUT2D eigenvalue weighted by Crippen LogP contribution is 2.32. The molecular weight excluding hydrogens is 536 g/mol. The number of benzene rings is 5. The number of fused-ring (bicyclic) bond motifs is 3. The molecule has 0 unspecified atom stereocenters. The summed E-state index contributed by atoms with van der Waals surface area (Å²) in [5.41, 5.74) is 14.2. The molecule has 0 spiro atoms. The standard InChI is InChI=1S/C16H13N.C11H10N2.C7H8.C6H9N/c1-12-14-7-3-2-6-13(14)10-11-17-16-9-5-4-8-15(12)16;12-11(13)10-7-3-5-8-4-1-2-6-9(8)10;1-7-5-3-2-4-6-7;1-3-4-6(2)5-7/h2-11,17H,1H2;1-7H,(H3,12,13);2-6H,1H3;3-5,7H,1H2,2H3/b11-10-;;;6-4-,7-5?. The van der Waals surface area contributed by atoms with E-state index in [1.54, 1.807) is 12.2 Å². The Labute approximate surface area is 261 Å². The third-order valence-electron chi connectivity index (χ3n) is 6.67. The van der Waals surface area contributed by atoms with Crippen LogP contribution < -0.4 is 11.1 Å². The van der Waals surface area contributed by atoms with Gasteiger partial charge in [0.1, 0.15) is 5.84 Å². The largest absolute Gasteiger partial charge is 0.384 e. The summed E-state index contributed by atoms with van der Waals surface area (Å²) < 4.78 is 0. The predicted molar refractivity (Wildman–Crippen MR) is 193 cm³/mol. The summed E-state index contributed by atoms with van der Waals surface area (Å²) in [6.45, 7) is 11.6. The fourth-order valence-electron chi connectivity index (χ4n) is 4.38.